The van der Waals surface area contributed by atoms with Crippen LogP contribution in [0.2, 0.25) is 0 Å². The van der Waals surface area contributed by atoms with E-state index >= 15 is 0 Å². The first-order valence-corrected chi connectivity index (χ1v) is 9.82. The van der Waals surface area contributed by atoms with E-state index in [2.05, 4.69) is 25.2 Å². The van der Waals surface area contributed by atoms with E-state index < -0.39 is 5.82 Å². The summed E-state index contributed by atoms with van der Waals surface area (Å²) in [4.78, 5) is 29.3. The van der Waals surface area contributed by atoms with Gasteiger partial charge in [-0.25, -0.2) is 9.37 Å². The summed E-state index contributed by atoms with van der Waals surface area (Å²) in [6.45, 7) is 6.30. The number of aryl methyl sites for hydroxylation is 2. The summed E-state index contributed by atoms with van der Waals surface area (Å²) in [5.41, 5.74) is 3.24. The second kappa shape index (κ2) is 8.44. The molecule has 0 radical (unpaired) electrons. The zero-order chi connectivity index (χ0) is 21.1. The van der Waals surface area contributed by atoms with Gasteiger partial charge < -0.3 is 15.1 Å². The van der Waals surface area contributed by atoms with Crippen molar-refractivity contribution in [3.63, 3.8) is 0 Å². The van der Waals surface area contributed by atoms with E-state index in [0.717, 1.165) is 23.4 Å². The molecular formula is C22H23FN6O. The number of anilines is 3. The number of benzene rings is 1. The average molecular weight is 406 g/mol. The lowest BCUT2D eigenvalue weighted by atomic mass is 10.2. The molecule has 8 heteroatoms. The lowest BCUT2D eigenvalue weighted by molar-refractivity contribution is 0.0745. The minimum absolute atomic E-state index is 0.206. The van der Waals surface area contributed by atoms with Crippen LogP contribution in [-0.2, 0) is 0 Å². The molecule has 1 fully saturated rings. The lowest BCUT2D eigenvalue weighted by Gasteiger charge is -2.35. The zero-order valence-corrected chi connectivity index (χ0v) is 17.0. The maximum Gasteiger partial charge on any atom is 0.255 e. The monoisotopic (exact) mass is 406 g/mol. The highest BCUT2D eigenvalue weighted by Crippen LogP contribution is 2.20. The molecule has 0 saturated carbocycles. The Hall–Kier alpha value is -3.55. The first-order valence-electron chi connectivity index (χ1n) is 9.82. The number of halogens is 1. The minimum atomic E-state index is -0.510. The van der Waals surface area contributed by atoms with Gasteiger partial charge in [0.1, 0.15) is 11.6 Å². The Morgan fingerprint density at radius 1 is 1.00 bits per heavy atom. The molecule has 0 spiro atoms. The van der Waals surface area contributed by atoms with Crippen molar-refractivity contribution in [1.29, 1.82) is 0 Å². The summed E-state index contributed by atoms with van der Waals surface area (Å²) in [5, 5.41) is 3.25. The SMILES string of the molecule is Cc1ccc(Nc2nc(C)cc(N3CCN(C(=O)c4cncc(F)c4)CC3)n2)cc1. The minimum Gasteiger partial charge on any atom is -0.353 e. The van der Waals surface area contributed by atoms with E-state index in [4.69, 9.17) is 0 Å². The van der Waals surface area contributed by atoms with Gasteiger partial charge in [-0.15, -0.1) is 0 Å². The van der Waals surface area contributed by atoms with E-state index in [1.165, 1.54) is 17.8 Å². The summed E-state index contributed by atoms with van der Waals surface area (Å²) in [5.74, 6) is 0.640. The van der Waals surface area contributed by atoms with E-state index in [1.807, 2.05) is 44.2 Å². The number of hydrogen-bond donors (Lipinski definition) is 1. The third-order valence-electron chi connectivity index (χ3n) is 4.99. The fourth-order valence-electron chi connectivity index (χ4n) is 3.39. The Bertz CT molecular complexity index is 1050. The van der Waals surface area contributed by atoms with Crippen LogP contribution >= 0.6 is 0 Å². The molecule has 1 N–H and O–H groups in total. The first kappa shape index (κ1) is 19.8. The van der Waals surface area contributed by atoms with Crippen LogP contribution in [-0.4, -0.2) is 51.9 Å². The number of nitrogens with zero attached hydrogens (tertiary/aromatic N) is 5. The molecule has 2 aromatic heterocycles. The number of nitrogens with one attached hydrogen (secondary N) is 1. The predicted molar refractivity (Wildman–Crippen MR) is 114 cm³/mol. The average Bonchev–Trinajstić information content (AvgIpc) is 2.74. The van der Waals surface area contributed by atoms with Crippen molar-refractivity contribution < 1.29 is 9.18 Å². The third kappa shape index (κ3) is 4.53. The number of rotatable bonds is 4. The number of piperazine rings is 1. The normalized spacial score (nSPS) is 14.0. The molecule has 3 heterocycles. The number of carbonyl (C=O) groups excluding carboxylic acids is 1. The van der Waals surface area contributed by atoms with Gasteiger partial charge in [0.15, 0.2) is 0 Å². The molecule has 1 aliphatic heterocycles. The van der Waals surface area contributed by atoms with E-state index in [-0.39, 0.29) is 11.5 Å². The van der Waals surface area contributed by atoms with Crippen molar-refractivity contribution in [2.45, 2.75) is 13.8 Å². The Kier molecular flexibility index (Phi) is 5.56. The summed E-state index contributed by atoms with van der Waals surface area (Å²) in [6, 6.07) is 11.2. The van der Waals surface area contributed by atoms with Crippen molar-refractivity contribution >= 4 is 23.4 Å². The van der Waals surface area contributed by atoms with Crippen LogP contribution in [0.1, 0.15) is 21.6 Å². The van der Waals surface area contributed by atoms with E-state index in [1.54, 1.807) is 4.90 Å². The fraction of sp³-hybridized carbons (Fsp3) is 0.273. The van der Waals surface area contributed by atoms with E-state index in [9.17, 15) is 9.18 Å². The topological polar surface area (TPSA) is 74.2 Å². The van der Waals surface area contributed by atoms with Crippen LogP contribution in [0.15, 0.2) is 48.8 Å². The van der Waals surface area contributed by atoms with Crippen LogP contribution in [0, 0.1) is 19.7 Å². The molecule has 1 amide bonds. The largest absolute Gasteiger partial charge is 0.353 e. The van der Waals surface area contributed by atoms with Crippen molar-refractivity contribution in [2.75, 3.05) is 36.4 Å². The van der Waals surface area contributed by atoms with Crippen LogP contribution in [0.25, 0.3) is 0 Å². The summed E-state index contributed by atoms with van der Waals surface area (Å²) in [6.07, 6.45) is 2.49. The molecule has 3 aromatic rings. The molecule has 1 aliphatic rings. The molecule has 0 atom stereocenters. The molecule has 7 nitrogen and oxygen atoms in total. The molecule has 0 aliphatic carbocycles. The standard InChI is InChI=1S/C22H23FN6O/c1-15-3-5-19(6-4-15)26-22-25-16(2)11-20(27-22)28-7-9-29(10-8-28)21(30)17-12-18(23)14-24-13-17/h3-6,11-14H,7-10H2,1-2H3,(H,25,26,27). The number of hydrogen-bond acceptors (Lipinski definition) is 6. The summed E-state index contributed by atoms with van der Waals surface area (Å²) < 4.78 is 13.4. The maximum atomic E-state index is 13.4. The van der Waals surface area contributed by atoms with Gasteiger partial charge in [-0.1, -0.05) is 17.7 Å². The Balaban J connectivity index is 1.43. The van der Waals surface area contributed by atoms with Crippen LogP contribution < -0.4 is 10.2 Å². The van der Waals surface area contributed by atoms with Gasteiger partial charge >= 0.3 is 0 Å². The smallest absolute Gasteiger partial charge is 0.255 e. The lowest BCUT2D eigenvalue weighted by Crippen LogP contribution is -2.49. The quantitative estimate of drug-likeness (QED) is 0.716. The van der Waals surface area contributed by atoms with Gasteiger partial charge in [0.2, 0.25) is 5.95 Å². The van der Waals surface area contributed by atoms with E-state index in [0.29, 0.717) is 32.1 Å². The van der Waals surface area contributed by atoms with Crippen molar-refractivity contribution in [1.82, 2.24) is 19.9 Å². The Morgan fingerprint density at radius 3 is 2.43 bits per heavy atom. The molecule has 154 valence electrons. The van der Waals surface area contributed by atoms with Gasteiger partial charge in [0.05, 0.1) is 11.8 Å². The van der Waals surface area contributed by atoms with Crippen LogP contribution in [0.3, 0.4) is 0 Å². The predicted octanol–water partition coefficient (Wildman–Crippen LogP) is 3.33. The second-order valence-electron chi connectivity index (χ2n) is 7.35. The molecular weight excluding hydrogens is 383 g/mol. The maximum absolute atomic E-state index is 13.4. The first-order chi connectivity index (χ1) is 14.5. The Morgan fingerprint density at radius 2 is 1.73 bits per heavy atom. The van der Waals surface area contributed by atoms with Gasteiger partial charge in [0, 0.05) is 49.8 Å². The molecule has 4 rings (SSSR count). The Labute approximate surface area is 174 Å². The van der Waals surface area contributed by atoms with Crippen molar-refractivity contribution in [3.05, 3.63) is 71.4 Å². The molecule has 1 saturated heterocycles. The zero-order valence-electron chi connectivity index (χ0n) is 17.0. The molecule has 0 unspecified atom stereocenters. The molecule has 0 bridgehead atoms. The highest BCUT2D eigenvalue weighted by atomic mass is 19.1. The highest BCUT2D eigenvalue weighted by molar-refractivity contribution is 5.94. The molecule has 30 heavy (non-hydrogen) atoms. The third-order valence-corrected chi connectivity index (χ3v) is 4.99. The molecule has 1 aromatic carbocycles. The van der Waals surface area contributed by atoms with Crippen molar-refractivity contribution in [2.24, 2.45) is 0 Å². The van der Waals surface area contributed by atoms with Gasteiger partial charge in [-0.05, 0) is 32.0 Å². The van der Waals surface area contributed by atoms with Crippen LogP contribution in [0.5, 0.6) is 0 Å². The second-order valence-corrected chi connectivity index (χ2v) is 7.35. The number of carbonyl (C=O) groups is 1. The van der Waals surface area contributed by atoms with Gasteiger partial charge in [-0.3, -0.25) is 9.78 Å². The number of amides is 1. The number of pyridine rings is 1. The number of aromatic nitrogens is 3. The highest BCUT2D eigenvalue weighted by Gasteiger charge is 2.24. The van der Waals surface area contributed by atoms with Crippen molar-refractivity contribution in [3.8, 4) is 0 Å². The van der Waals surface area contributed by atoms with Gasteiger partial charge in [0.25, 0.3) is 5.91 Å². The summed E-state index contributed by atoms with van der Waals surface area (Å²) in [7, 11) is 0. The van der Waals surface area contributed by atoms with Crippen LogP contribution in [0.4, 0.5) is 21.8 Å². The fourth-order valence-corrected chi connectivity index (χ4v) is 3.39. The summed E-state index contributed by atoms with van der Waals surface area (Å²) >= 11 is 0. The van der Waals surface area contributed by atoms with Gasteiger partial charge in [-0.2, -0.15) is 4.98 Å².